The van der Waals surface area contributed by atoms with Gasteiger partial charge in [0.1, 0.15) is 11.1 Å². The van der Waals surface area contributed by atoms with E-state index >= 15 is 0 Å². The summed E-state index contributed by atoms with van der Waals surface area (Å²) in [6, 6.07) is 12.4. The van der Waals surface area contributed by atoms with Crippen molar-refractivity contribution < 1.29 is 18.7 Å². The topological polar surface area (TPSA) is 85.6 Å². The van der Waals surface area contributed by atoms with Crippen molar-refractivity contribution >= 4 is 40.1 Å². The molecule has 0 saturated carbocycles. The van der Waals surface area contributed by atoms with Crippen LogP contribution >= 0.6 is 11.6 Å². The predicted octanol–water partition coefficient (Wildman–Crippen LogP) is 3.49. The van der Waals surface area contributed by atoms with Gasteiger partial charge in [0.25, 0.3) is 5.91 Å². The van der Waals surface area contributed by atoms with E-state index in [1.807, 2.05) is 0 Å². The highest BCUT2D eigenvalue weighted by Crippen LogP contribution is 2.20. The Labute approximate surface area is 147 Å². The first-order valence-electron chi connectivity index (χ1n) is 7.21. The maximum Gasteiger partial charge on any atom is 0.349 e. The minimum absolute atomic E-state index is 0.173. The number of hydrogen-bond acceptors (Lipinski definition) is 5. The number of fused-ring (bicyclic) bond motifs is 1. The molecule has 0 spiro atoms. The molecule has 126 valence electrons. The van der Waals surface area contributed by atoms with E-state index in [-0.39, 0.29) is 16.8 Å². The maximum atomic E-state index is 12.5. The van der Waals surface area contributed by atoms with Crippen LogP contribution < -0.4 is 10.9 Å². The number of para-hydroxylation sites is 1. The number of hydrogen-bond donors (Lipinski definition) is 1. The average Bonchev–Trinajstić information content (AvgIpc) is 2.61. The molecule has 1 N–H and O–H groups in total. The van der Waals surface area contributed by atoms with Crippen molar-refractivity contribution in [2.24, 2.45) is 0 Å². The summed E-state index contributed by atoms with van der Waals surface area (Å²) in [7, 11) is 1.24. The Morgan fingerprint density at radius 2 is 1.84 bits per heavy atom. The van der Waals surface area contributed by atoms with Gasteiger partial charge in [-0.15, -0.1) is 0 Å². The smallest absolute Gasteiger partial charge is 0.349 e. The van der Waals surface area contributed by atoms with Gasteiger partial charge in [0.2, 0.25) is 0 Å². The first-order chi connectivity index (χ1) is 12.0. The lowest BCUT2D eigenvalue weighted by molar-refractivity contribution is 0.0602. The molecular formula is C18H12ClNO5. The third kappa shape index (κ3) is 3.39. The van der Waals surface area contributed by atoms with E-state index in [1.165, 1.54) is 25.3 Å². The summed E-state index contributed by atoms with van der Waals surface area (Å²) in [5.74, 6) is -1.31. The SMILES string of the molecule is COC(=O)c1ccccc1NC(=O)c1cc2cc(Cl)ccc2oc1=O. The number of esters is 1. The summed E-state index contributed by atoms with van der Waals surface area (Å²) in [5, 5.41) is 3.49. The van der Waals surface area contributed by atoms with Crippen LogP contribution in [-0.4, -0.2) is 19.0 Å². The molecule has 0 aliphatic carbocycles. The van der Waals surface area contributed by atoms with Crippen LogP contribution in [0, 0.1) is 0 Å². The average molecular weight is 358 g/mol. The minimum Gasteiger partial charge on any atom is -0.465 e. The van der Waals surface area contributed by atoms with Gasteiger partial charge >= 0.3 is 11.6 Å². The number of carbonyl (C=O) groups is 2. The van der Waals surface area contributed by atoms with E-state index in [1.54, 1.807) is 30.3 Å². The third-order valence-electron chi connectivity index (χ3n) is 3.52. The monoisotopic (exact) mass is 357 g/mol. The molecule has 6 nitrogen and oxygen atoms in total. The van der Waals surface area contributed by atoms with Gasteiger partial charge in [-0.1, -0.05) is 23.7 Å². The third-order valence-corrected chi connectivity index (χ3v) is 3.75. The number of amides is 1. The Balaban J connectivity index is 2.00. The van der Waals surface area contributed by atoms with E-state index in [0.717, 1.165) is 0 Å². The molecule has 0 bridgehead atoms. The molecule has 0 saturated heterocycles. The molecule has 3 aromatic rings. The number of anilines is 1. The number of carbonyl (C=O) groups excluding carboxylic acids is 2. The van der Waals surface area contributed by atoms with Gasteiger partial charge < -0.3 is 14.5 Å². The van der Waals surface area contributed by atoms with E-state index < -0.39 is 17.5 Å². The Kier molecular flexibility index (Phi) is 4.54. The highest BCUT2D eigenvalue weighted by Gasteiger charge is 2.18. The Bertz CT molecular complexity index is 1040. The largest absolute Gasteiger partial charge is 0.465 e. The fraction of sp³-hybridized carbons (Fsp3) is 0.0556. The van der Waals surface area contributed by atoms with Crippen LogP contribution in [-0.2, 0) is 4.74 Å². The highest BCUT2D eigenvalue weighted by atomic mass is 35.5. The standard InChI is InChI=1S/C18H12ClNO5/c1-24-17(22)12-4-2-3-5-14(12)20-16(21)13-9-10-8-11(19)6-7-15(10)25-18(13)23/h2-9H,1H3,(H,20,21). The zero-order valence-corrected chi connectivity index (χ0v) is 13.8. The number of ether oxygens (including phenoxy) is 1. The number of rotatable bonds is 3. The van der Waals surface area contributed by atoms with Crippen LogP contribution in [0.15, 0.2) is 57.7 Å². The molecule has 1 amide bonds. The normalized spacial score (nSPS) is 10.5. The van der Waals surface area contributed by atoms with Crippen molar-refractivity contribution in [1.29, 1.82) is 0 Å². The zero-order chi connectivity index (χ0) is 18.0. The molecule has 3 rings (SSSR count). The van der Waals surface area contributed by atoms with Crippen LogP contribution in [0.1, 0.15) is 20.7 Å². The van der Waals surface area contributed by atoms with E-state index in [2.05, 4.69) is 10.1 Å². The van der Waals surface area contributed by atoms with Crippen LogP contribution in [0.3, 0.4) is 0 Å². The molecular weight excluding hydrogens is 346 g/mol. The van der Waals surface area contributed by atoms with Gasteiger partial charge in [0.15, 0.2) is 0 Å². The summed E-state index contributed by atoms with van der Waals surface area (Å²) < 4.78 is 9.81. The van der Waals surface area contributed by atoms with Gasteiger partial charge in [0, 0.05) is 10.4 Å². The minimum atomic E-state index is -0.789. The fourth-order valence-corrected chi connectivity index (χ4v) is 2.50. The Hall–Kier alpha value is -3.12. The molecule has 25 heavy (non-hydrogen) atoms. The Morgan fingerprint density at radius 1 is 1.08 bits per heavy atom. The van der Waals surface area contributed by atoms with E-state index in [4.69, 9.17) is 16.0 Å². The molecule has 2 aromatic carbocycles. The van der Waals surface area contributed by atoms with Gasteiger partial charge in [-0.3, -0.25) is 4.79 Å². The van der Waals surface area contributed by atoms with Crippen molar-refractivity contribution in [1.82, 2.24) is 0 Å². The molecule has 0 atom stereocenters. The van der Waals surface area contributed by atoms with Crippen LogP contribution in [0.2, 0.25) is 5.02 Å². The van der Waals surface area contributed by atoms with Crippen LogP contribution in [0.25, 0.3) is 11.0 Å². The van der Waals surface area contributed by atoms with Gasteiger partial charge in [-0.05, 0) is 36.4 Å². The summed E-state index contributed by atoms with van der Waals surface area (Å²) in [6.07, 6.45) is 0. The lowest BCUT2D eigenvalue weighted by Crippen LogP contribution is -2.22. The molecule has 1 aromatic heterocycles. The maximum absolute atomic E-state index is 12.5. The lowest BCUT2D eigenvalue weighted by atomic mass is 10.1. The summed E-state index contributed by atoms with van der Waals surface area (Å²) >= 11 is 5.92. The van der Waals surface area contributed by atoms with E-state index in [9.17, 15) is 14.4 Å². The second-order valence-corrected chi connectivity index (χ2v) is 5.56. The summed E-state index contributed by atoms with van der Waals surface area (Å²) in [5.41, 5.74) is -0.269. The van der Waals surface area contributed by atoms with Gasteiger partial charge in [0.05, 0.1) is 18.4 Å². The van der Waals surface area contributed by atoms with Gasteiger partial charge in [-0.2, -0.15) is 0 Å². The number of methoxy groups -OCH3 is 1. The quantitative estimate of drug-likeness (QED) is 0.573. The summed E-state index contributed by atoms with van der Waals surface area (Å²) in [6.45, 7) is 0. The lowest BCUT2D eigenvalue weighted by Gasteiger charge is -2.09. The molecule has 1 heterocycles. The molecule has 0 aliphatic rings. The first-order valence-corrected chi connectivity index (χ1v) is 7.59. The Morgan fingerprint density at radius 3 is 2.60 bits per heavy atom. The zero-order valence-electron chi connectivity index (χ0n) is 13.0. The molecule has 7 heteroatoms. The van der Waals surface area contributed by atoms with Crippen molar-refractivity contribution in [2.75, 3.05) is 12.4 Å². The van der Waals surface area contributed by atoms with Gasteiger partial charge in [-0.25, -0.2) is 9.59 Å². The van der Waals surface area contributed by atoms with Crippen LogP contribution in [0.5, 0.6) is 0 Å². The van der Waals surface area contributed by atoms with Crippen molar-refractivity contribution in [3.05, 3.63) is 75.1 Å². The molecule has 0 radical (unpaired) electrons. The second kappa shape index (κ2) is 6.78. The van der Waals surface area contributed by atoms with Crippen molar-refractivity contribution in [2.45, 2.75) is 0 Å². The molecule has 0 aliphatic heterocycles. The number of nitrogens with one attached hydrogen (secondary N) is 1. The van der Waals surface area contributed by atoms with Crippen molar-refractivity contribution in [3.8, 4) is 0 Å². The van der Waals surface area contributed by atoms with E-state index in [0.29, 0.717) is 16.0 Å². The molecule has 0 unspecified atom stereocenters. The summed E-state index contributed by atoms with van der Waals surface area (Å²) in [4.78, 5) is 36.3. The number of benzene rings is 2. The predicted molar refractivity (Wildman–Crippen MR) is 93.2 cm³/mol. The highest BCUT2D eigenvalue weighted by molar-refractivity contribution is 6.31. The fourth-order valence-electron chi connectivity index (χ4n) is 2.32. The second-order valence-electron chi connectivity index (χ2n) is 5.12. The first kappa shape index (κ1) is 16.7. The van der Waals surface area contributed by atoms with Crippen molar-refractivity contribution in [3.63, 3.8) is 0 Å². The van der Waals surface area contributed by atoms with Crippen LogP contribution in [0.4, 0.5) is 5.69 Å². The molecule has 0 fully saturated rings. The number of halogens is 1.